The first kappa shape index (κ1) is 14.7. The number of rotatable bonds is 2. The second-order valence-corrected chi connectivity index (χ2v) is 4.26. The number of piperidine rings is 1. The van der Waals surface area contributed by atoms with Crippen LogP contribution in [-0.4, -0.2) is 54.7 Å². The molecule has 0 radical (unpaired) electrons. The van der Waals surface area contributed by atoms with Crippen molar-refractivity contribution in [3.63, 3.8) is 0 Å². The molecule has 5 nitrogen and oxygen atoms in total. The van der Waals surface area contributed by atoms with Gasteiger partial charge < -0.3 is 9.74 Å². The maximum atomic E-state index is 12.1. The molecule has 1 atom stereocenters. The first-order chi connectivity index (χ1) is 8.23. The van der Waals surface area contributed by atoms with Crippen LogP contribution in [0.2, 0.25) is 0 Å². The molecule has 18 heavy (non-hydrogen) atoms. The van der Waals surface area contributed by atoms with Crippen molar-refractivity contribution in [2.75, 3.05) is 20.6 Å². The number of alkyl halides is 3. The van der Waals surface area contributed by atoms with E-state index in [0.717, 1.165) is 5.06 Å². The number of hydroxylamine groups is 2. The van der Waals surface area contributed by atoms with Gasteiger partial charge in [0.2, 0.25) is 5.91 Å². The topological polar surface area (TPSA) is 49.9 Å². The molecule has 1 saturated heterocycles. The molecule has 0 aliphatic carbocycles. The van der Waals surface area contributed by atoms with Crippen LogP contribution in [0, 0.1) is 0 Å². The van der Waals surface area contributed by atoms with Gasteiger partial charge >= 0.3 is 12.1 Å². The van der Waals surface area contributed by atoms with Gasteiger partial charge in [0.15, 0.2) is 0 Å². The highest BCUT2D eigenvalue weighted by Gasteiger charge is 2.44. The van der Waals surface area contributed by atoms with Gasteiger partial charge in [-0.2, -0.15) is 13.2 Å². The molecule has 0 spiro atoms. The first-order valence-electron chi connectivity index (χ1n) is 5.50. The van der Waals surface area contributed by atoms with E-state index in [1.165, 1.54) is 19.0 Å². The van der Waals surface area contributed by atoms with E-state index in [0.29, 0.717) is 19.3 Å². The smallest absolute Gasteiger partial charge is 0.360 e. The number of carbonyl (C=O) groups is 2. The summed E-state index contributed by atoms with van der Waals surface area (Å²) in [7, 11) is 3.00. The Bertz CT molecular complexity index is 331. The van der Waals surface area contributed by atoms with E-state index in [4.69, 9.17) is 0 Å². The third kappa shape index (κ3) is 3.59. The average Bonchev–Trinajstić information content (AvgIpc) is 2.27. The molecule has 1 aliphatic heterocycles. The number of carbonyl (C=O) groups excluding carboxylic acids is 2. The van der Waals surface area contributed by atoms with E-state index in [2.05, 4.69) is 4.84 Å². The lowest BCUT2D eigenvalue weighted by atomic mass is 10.0. The quantitative estimate of drug-likeness (QED) is 0.748. The second-order valence-electron chi connectivity index (χ2n) is 4.26. The van der Waals surface area contributed by atoms with E-state index in [-0.39, 0.29) is 12.5 Å². The molecule has 104 valence electrons. The van der Waals surface area contributed by atoms with E-state index in [9.17, 15) is 22.8 Å². The lowest BCUT2D eigenvalue weighted by Gasteiger charge is -2.34. The molecule has 0 unspecified atom stereocenters. The number of hydrogen-bond acceptors (Lipinski definition) is 4. The Labute approximate surface area is 102 Å². The van der Waals surface area contributed by atoms with Gasteiger partial charge in [0, 0.05) is 20.6 Å². The van der Waals surface area contributed by atoms with Gasteiger partial charge in [0.25, 0.3) is 0 Å². The van der Waals surface area contributed by atoms with Crippen LogP contribution in [0.1, 0.15) is 19.3 Å². The first-order valence-corrected chi connectivity index (χ1v) is 5.50. The Morgan fingerprint density at radius 1 is 1.28 bits per heavy atom. The van der Waals surface area contributed by atoms with Crippen LogP contribution in [0.5, 0.6) is 0 Å². The maximum Gasteiger partial charge on any atom is 0.492 e. The Kier molecular flexibility index (Phi) is 4.55. The highest BCUT2D eigenvalue weighted by molar-refractivity contribution is 5.82. The minimum absolute atomic E-state index is 0.131. The van der Waals surface area contributed by atoms with Crippen molar-refractivity contribution in [1.82, 2.24) is 9.96 Å². The summed E-state index contributed by atoms with van der Waals surface area (Å²) in [6.45, 7) is 0.131. The molecule has 0 saturated carbocycles. The molecule has 1 fully saturated rings. The summed E-state index contributed by atoms with van der Waals surface area (Å²) in [5.41, 5.74) is 0. The SMILES string of the molecule is CN(C)C(=O)[C@@H]1CCCCN1OC(=O)C(F)(F)F. The lowest BCUT2D eigenvalue weighted by molar-refractivity contribution is -0.249. The summed E-state index contributed by atoms with van der Waals surface area (Å²) in [5, 5.41) is 0.835. The van der Waals surface area contributed by atoms with Gasteiger partial charge in [-0.05, 0) is 19.3 Å². The number of hydrogen-bond donors (Lipinski definition) is 0. The minimum Gasteiger partial charge on any atom is -0.360 e. The molecule has 1 aliphatic rings. The van der Waals surface area contributed by atoms with Crippen LogP contribution < -0.4 is 0 Å². The summed E-state index contributed by atoms with van der Waals surface area (Å²) in [4.78, 5) is 28.0. The molecule has 0 bridgehead atoms. The molecule has 0 aromatic heterocycles. The Hall–Kier alpha value is -1.31. The fourth-order valence-electron chi connectivity index (χ4n) is 1.72. The van der Waals surface area contributed by atoms with Crippen LogP contribution in [-0.2, 0) is 14.4 Å². The van der Waals surface area contributed by atoms with Crippen LogP contribution in [0.15, 0.2) is 0 Å². The van der Waals surface area contributed by atoms with Crippen LogP contribution >= 0.6 is 0 Å². The lowest BCUT2D eigenvalue weighted by Crippen LogP contribution is -2.50. The van der Waals surface area contributed by atoms with E-state index in [1.807, 2.05) is 0 Å². The fourth-order valence-corrected chi connectivity index (χ4v) is 1.72. The molecular weight excluding hydrogens is 253 g/mol. The summed E-state index contributed by atoms with van der Waals surface area (Å²) >= 11 is 0. The molecular formula is C10H15F3N2O3. The monoisotopic (exact) mass is 268 g/mol. The molecule has 0 aromatic rings. The minimum atomic E-state index is -5.05. The summed E-state index contributed by atoms with van der Waals surface area (Å²) in [6, 6.07) is -0.833. The van der Waals surface area contributed by atoms with Gasteiger partial charge in [-0.1, -0.05) is 0 Å². The van der Waals surface area contributed by atoms with Gasteiger partial charge in [-0.3, -0.25) is 4.79 Å². The number of likely N-dealkylation sites (N-methyl/N-ethyl adjacent to an activating group) is 1. The van der Waals surface area contributed by atoms with Crippen molar-refractivity contribution in [1.29, 1.82) is 0 Å². The van der Waals surface area contributed by atoms with E-state index < -0.39 is 18.2 Å². The van der Waals surface area contributed by atoms with E-state index in [1.54, 1.807) is 0 Å². The Morgan fingerprint density at radius 3 is 2.39 bits per heavy atom. The van der Waals surface area contributed by atoms with Crippen molar-refractivity contribution < 1.29 is 27.6 Å². The molecule has 1 heterocycles. The van der Waals surface area contributed by atoms with Crippen LogP contribution in [0.3, 0.4) is 0 Å². The third-order valence-corrected chi connectivity index (χ3v) is 2.61. The second kappa shape index (κ2) is 5.55. The van der Waals surface area contributed by atoms with Gasteiger partial charge in [-0.15, -0.1) is 5.06 Å². The van der Waals surface area contributed by atoms with Crippen molar-refractivity contribution in [2.45, 2.75) is 31.5 Å². The maximum absolute atomic E-state index is 12.1. The number of amides is 1. The molecule has 1 amide bonds. The molecule has 0 N–H and O–H groups in total. The number of halogens is 3. The third-order valence-electron chi connectivity index (χ3n) is 2.61. The van der Waals surface area contributed by atoms with E-state index >= 15 is 0 Å². The van der Waals surface area contributed by atoms with Crippen molar-refractivity contribution in [3.05, 3.63) is 0 Å². The van der Waals surface area contributed by atoms with Crippen molar-refractivity contribution in [3.8, 4) is 0 Å². The predicted molar refractivity (Wildman–Crippen MR) is 55.2 cm³/mol. The van der Waals surface area contributed by atoms with Crippen molar-refractivity contribution >= 4 is 11.9 Å². The number of nitrogens with zero attached hydrogens (tertiary/aromatic N) is 2. The Morgan fingerprint density at radius 2 is 1.89 bits per heavy atom. The zero-order chi connectivity index (χ0) is 13.9. The standard InChI is InChI=1S/C10H15F3N2O3/c1-14(2)8(16)7-5-3-4-6-15(7)18-9(17)10(11,12)13/h7H,3-6H2,1-2H3/t7-/m0/s1. The summed E-state index contributed by atoms with van der Waals surface area (Å²) in [6.07, 6.45) is -3.38. The highest BCUT2D eigenvalue weighted by atomic mass is 19.4. The normalized spacial score (nSPS) is 21.5. The predicted octanol–water partition coefficient (Wildman–Crippen LogP) is 0.950. The van der Waals surface area contributed by atoms with Crippen LogP contribution in [0.25, 0.3) is 0 Å². The zero-order valence-corrected chi connectivity index (χ0v) is 10.2. The average molecular weight is 268 g/mol. The summed E-state index contributed by atoms with van der Waals surface area (Å²) < 4.78 is 36.3. The Balaban J connectivity index is 2.72. The highest BCUT2D eigenvalue weighted by Crippen LogP contribution is 2.23. The van der Waals surface area contributed by atoms with Crippen molar-refractivity contribution in [2.24, 2.45) is 0 Å². The molecule has 0 aromatic carbocycles. The van der Waals surface area contributed by atoms with Crippen LogP contribution in [0.4, 0.5) is 13.2 Å². The zero-order valence-electron chi connectivity index (χ0n) is 10.2. The van der Waals surface area contributed by atoms with Gasteiger partial charge in [0.05, 0.1) is 0 Å². The van der Waals surface area contributed by atoms with Gasteiger partial charge in [0.1, 0.15) is 6.04 Å². The van der Waals surface area contributed by atoms with Gasteiger partial charge in [-0.25, -0.2) is 4.79 Å². The fraction of sp³-hybridized carbons (Fsp3) is 0.800. The summed E-state index contributed by atoms with van der Waals surface area (Å²) in [5.74, 6) is -2.66. The largest absolute Gasteiger partial charge is 0.492 e. The molecule has 8 heteroatoms. The molecule has 1 rings (SSSR count).